The summed E-state index contributed by atoms with van der Waals surface area (Å²) in [4.78, 5) is 20.0. The zero-order valence-corrected chi connectivity index (χ0v) is 20.4. The van der Waals surface area contributed by atoms with Crippen LogP contribution in [0.25, 0.3) is 16.7 Å². The summed E-state index contributed by atoms with van der Waals surface area (Å²) < 4.78 is 7.55. The normalized spacial score (nSPS) is 19.4. The molecule has 174 valence electrons. The lowest BCUT2D eigenvalue weighted by molar-refractivity contribution is -0.126. The second kappa shape index (κ2) is 9.16. The van der Waals surface area contributed by atoms with Crippen LogP contribution in [0.5, 0.6) is 0 Å². The average Bonchev–Trinajstić information content (AvgIpc) is 3.41. The molecule has 1 atom stereocenters. The number of piperidine rings is 1. The number of hydrogen-bond acceptors (Lipinski definition) is 4. The zero-order chi connectivity index (χ0) is 23.1. The van der Waals surface area contributed by atoms with Gasteiger partial charge in [-0.25, -0.2) is 4.98 Å². The number of nitrogens with zero attached hydrogens (tertiary/aromatic N) is 3. The standard InChI is InChI=1S/C25H28Cl2N4O2/c1-15-9-16(2)11-19(10-15)31-23-13-21(27)20(26)12-22(23)29-25(31)30-6-3-17(4-7-30)24(32)28-18-5-8-33-14-18/h9-13,17-18H,3-8,14H2,1-2H3,(H,28,32)/t18-/m1/s1. The summed E-state index contributed by atoms with van der Waals surface area (Å²) in [6.45, 7) is 7.06. The Hall–Kier alpha value is -2.28. The molecule has 0 aliphatic carbocycles. The lowest BCUT2D eigenvalue weighted by Crippen LogP contribution is -2.44. The molecule has 0 radical (unpaired) electrons. The van der Waals surface area contributed by atoms with Gasteiger partial charge in [0.25, 0.3) is 0 Å². The summed E-state index contributed by atoms with van der Waals surface area (Å²) in [6.07, 6.45) is 2.48. The predicted molar refractivity (Wildman–Crippen MR) is 133 cm³/mol. The summed E-state index contributed by atoms with van der Waals surface area (Å²) in [5.41, 5.74) is 5.14. The molecule has 2 saturated heterocycles. The van der Waals surface area contributed by atoms with E-state index in [2.05, 4.69) is 46.8 Å². The maximum Gasteiger partial charge on any atom is 0.223 e. The Morgan fingerprint density at radius 2 is 1.73 bits per heavy atom. The zero-order valence-electron chi connectivity index (χ0n) is 18.9. The number of amides is 1. The fraction of sp³-hybridized carbons (Fsp3) is 0.440. The van der Waals surface area contributed by atoms with Crippen molar-refractivity contribution < 1.29 is 9.53 Å². The summed E-state index contributed by atoms with van der Waals surface area (Å²) in [5, 5.41) is 4.15. The van der Waals surface area contributed by atoms with Crippen LogP contribution in [0.15, 0.2) is 30.3 Å². The Bertz CT molecular complexity index is 1170. The number of anilines is 1. The van der Waals surface area contributed by atoms with Crippen LogP contribution < -0.4 is 10.2 Å². The minimum absolute atomic E-state index is 0.0183. The molecule has 3 aromatic rings. The number of carbonyl (C=O) groups excluding carboxylic acids is 1. The smallest absolute Gasteiger partial charge is 0.223 e. The molecule has 2 aromatic carbocycles. The molecule has 2 aliphatic heterocycles. The number of rotatable bonds is 4. The van der Waals surface area contributed by atoms with Crippen LogP contribution in [0.3, 0.4) is 0 Å². The second-order valence-electron chi connectivity index (χ2n) is 9.18. The molecule has 0 saturated carbocycles. The van der Waals surface area contributed by atoms with Crippen LogP contribution in [0.2, 0.25) is 10.0 Å². The fourth-order valence-corrected chi connectivity index (χ4v) is 5.23. The Balaban J connectivity index is 1.45. The van der Waals surface area contributed by atoms with Crippen molar-refractivity contribution in [2.45, 2.75) is 39.2 Å². The van der Waals surface area contributed by atoms with Crippen LogP contribution in [-0.4, -0.2) is 47.8 Å². The molecule has 3 heterocycles. The number of aromatic nitrogens is 2. The first-order chi connectivity index (χ1) is 15.9. The van der Waals surface area contributed by atoms with Gasteiger partial charge in [-0.1, -0.05) is 29.3 Å². The largest absolute Gasteiger partial charge is 0.379 e. The molecule has 2 fully saturated rings. The number of halogens is 2. The van der Waals surface area contributed by atoms with E-state index in [1.165, 1.54) is 11.1 Å². The van der Waals surface area contributed by atoms with E-state index < -0.39 is 0 Å². The molecule has 8 heteroatoms. The Morgan fingerprint density at radius 3 is 2.39 bits per heavy atom. The summed E-state index contributed by atoms with van der Waals surface area (Å²) in [5.74, 6) is 1.02. The number of benzene rings is 2. The molecule has 6 nitrogen and oxygen atoms in total. The second-order valence-corrected chi connectivity index (χ2v) is 9.99. The van der Waals surface area contributed by atoms with Crippen molar-refractivity contribution in [3.05, 3.63) is 51.5 Å². The van der Waals surface area contributed by atoms with Crippen LogP contribution in [0.4, 0.5) is 5.95 Å². The highest BCUT2D eigenvalue weighted by Gasteiger charge is 2.30. The number of ether oxygens (including phenoxy) is 1. The van der Waals surface area contributed by atoms with Gasteiger partial charge >= 0.3 is 0 Å². The molecule has 5 rings (SSSR count). The lowest BCUT2D eigenvalue weighted by atomic mass is 9.95. The first-order valence-corrected chi connectivity index (χ1v) is 12.2. The van der Waals surface area contributed by atoms with Gasteiger partial charge < -0.3 is 15.0 Å². The highest BCUT2D eigenvalue weighted by Crippen LogP contribution is 2.35. The van der Waals surface area contributed by atoms with E-state index in [4.69, 9.17) is 32.9 Å². The highest BCUT2D eigenvalue weighted by atomic mass is 35.5. The van der Waals surface area contributed by atoms with Gasteiger partial charge in [0, 0.05) is 31.3 Å². The van der Waals surface area contributed by atoms with E-state index in [-0.39, 0.29) is 17.9 Å². The van der Waals surface area contributed by atoms with Crippen LogP contribution in [0, 0.1) is 19.8 Å². The van der Waals surface area contributed by atoms with Crippen LogP contribution in [-0.2, 0) is 9.53 Å². The summed E-state index contributed by atoms with van der Waals surface area (Å²) in [6, 6.07) is 10.3. The van der Waals surface area contributed by atoms with Crippen molar-refractivity contribution in [3.8, 4) is 5.69 Å². The summed E-state index contributed by atoms with van der Waals surface area (Å²) in [7, 11) is 0. The molecule has 0 spiro atoms. The number of nitrogens with one attached hydrogen (secondary N) is 1. The van der Waals surface area contributed by atoms with E-state index in [0.29, 0.717) is 16.7 Å². The number of imidazole rings is 1. The first kappa shape index (κ1) is 22.5. The minimum Gasteiger partial charge on any atom is -0.379 e. The van der Waals surface area contributed by atoms with Gasteiger partial charge in [-0.05, 0) is 68.5 Å². The van der Waals surface area contributed by atoms with E-state index >= 15 is 0 Å². The van der Waals surface area contributed by atoms with Crippen molar-refractivity contribution in [3.63, 3.8) is 0 Å². The molecule has 1 aromatic heterocycles. The van der Waals surface area contributed by atoms with Gasteiger partial charge in [-0.3, -0.25) is 9.36 Å². The number of carbonyl (C=O) groups is 1. The van der Waals surface area contributed by atoms with Crippen LogP contribution in [0.1, 0.15) is 30.4 Å². The molecule has 1 N–H and O–H groups in total. The summed E-state index contributed by atoms with van der Waals surface area (Å²) >= 11 is 12.7. The topological polar surface area (TPSA) is 59.4 Å². The lowest BCUT2D eigenvalue weighted by Gasteiger charge is -2.33. The average molecular weight is 487 g/mol. The van der Waals surface area contributed by atoms with E-state index in [1.807, 2.05) is 12.1 Å². The first-order valence-electron chi connectivity index (χ1n) is 11.5. The molecular weight excluding hydrogens is 459 g/mol. The van der Waals surface area contributed by atoms with Crippen molar-refractivity contribution in [1.82, 2.24) is 14.9 Å². The Morgan fingerprint density at radius 1 is 1.03 bits per heavy atom. The monoisotopic (exact) mass is 486 g/mol. The molecule has 0 bridgehead atoms. The van der Waals surface area contributed by atoms with E-state index in [1.54, 1.807) is 0 Å². The molecular formula is C25H28Cl2N4O2. The molecule has 0 unspecified atom stereocenters. The molecule has 2 aliphatic rings. The van der Waals surface area contributed by atoms with Crippen molar-refractivity contribution in [2.75, 3.05) is 31.2 Å². The maximum atomic E-state index is 12.7. The van der Waals surface area contributed by atoms with E-state index in [9.17, 15) is 4.79 Å². The van der Waals surface area contributed by atoms with Gasteiger partial charge in [0.15, 0.2) is 0 Å². The maximum absolute atomic E-state index is 12.7. The number of fused-ring (bicyclic) bond motifs is 1. The SMILES string of the molecule is Cc1cc(C)cc(-n2c(N3CCC(C(=O)N[C@@H]4CCOC4)CC3)nc3cc(Cl)c(Cl)cc32)c1. The third kappa shape index (κ3) is 4.57. The van der Waals surface area contributed by atoms with Crippen LogP contribution >= 0.6 is 23.2 Å². The Labute approximate surface area is 203 Å². The third-order valence-electron chi connectivity index (χ3n) is 6.57. The van der Waals surface area contributed by atoms with Gasteiger partial charge in [-0.2, -0.15) is 0 Å². The van der Waals surface area contributed by atoms with E-state index in [0.717, 1.165) is 61.6 Å². The van der Waals surface area contributed by atoms with Crippen molar-refractivity contribution in [1.29, 1.82) is 0 Å². The van der Waals surface area contributed by atoms with Gasteiger partial charge in [-0.15, -0.1) is 0 Å². The van der Waals surface area contributed by atoms with Crippen molar-refractivity contribution >= 4 is 46.1 Å². The highest BCUT2D eigenvalue weighted by molar-refractivity contribution is 6.42. The predicted octanol–water partition coefficient (Wildman–Crippen LogP) is 5.07. The molecule has 1 amide bonds. The van der Waals surface area contributed by atoms with Gasteiger partial charge in [0.2, 0.25) is 11.9 Å². The van der Waals surface area contributed by atoms with Crippen molar-refractivity contribution in [2.24, 2.45) is 5.92 Å². The minimum atomic E-state index is 0.0183. The number of hydrogen-bond donors (Lipinski definition) is 1. The molecule has 33 heavy (non-hydrogen) atoms. The number of aryl methyl sites for hydroxylation is 2. The van der Waals surface area contributed by atoms with Gasteiger partial charge in [0.1, 0.15) is 0 Å². The Kier molecular flexibility index (Phi) is 6.25. The quantitative estimate of drug-likeness (QED) is 0.558. The fourth-order valence-electron chi connectivity index (χ4n) is 4.92. The third-order valence-corrected chi connectivity index (χ3v) is 7.29. The van der Waals surface area contributed by atoms with Gasteiger partial charge in [0.05, 0.1) is 33.7 Å².